The molecule has 2 heterocycles. The van der Waals surface area contributed by atoms with Gasteiger partial charge in [0.15, 0.2) is 15.0 Å². The standard InChI is InChI=1S/C16H20N2O5S2/c1-3-23-12-6-4-11(5-7-12)18-13-9-25(20,21)10-14(13)24-16(18)17-15(19)8-22-2/h4-7,13-14H,3,8-10H2,1-2H3/t13-,14+/m0/s1. The molecule has 0 spiro atoms. The number of amides is 1. The largest absolute Gasteiger partial charge is 0.494 e. The molecule has 0 aliphatic carbocycles. The van der Waals surface area contributed by atoms with Gasteiger partial charge in [-0.25, -0.2) is 8.42 Å². The summed E-state index contributed by atoms with van der Waals surface area (Å²) in [5.41, 5.74) is 0.796. The molecule has 1 aromatic rings. The number of rotatable bonds is 5. The highest BCUT2D eigenvalue weighted by molar-refractivity contribution is 8.16. The maximum atomic E-state index is 12.0. The van der Waals surface area contributed by atoms with Crippen LogP contribution in [0.1, 0.15) is 6.92 Å². The summed E-state index contributed by atoms with van der Waals surface area (Å²) < 4.78 is 34.3. The SMILES string of the molecule is CCOc1ccc(N2C(=NC(=O)COC)S[C@@H]3CS(=O)(=O)C[C@@H]32)cc1. The Hall–Kier alpha value is -1.58. The van der Waals surface area contributed by atoms with Crippen LogP contribution in [-0.2, 0) is 19.4 Å². The molecule has 0 saturated carbocycles. The fraction of sp³-hybridized carbons (Fsp3) is 0.500. The molecule has 2 fully saturated rings. The van der Waals surface area contributed by atoms with Gasteiger partial charge in [-0.15, -0.1) is 0 Å². The minimum Gasteiger partial charge on any atom is -0.494 e. The molecule has 9 heteroatoms. The third-order valence-electron chi connectivity index (χ3n) is 3.98. The van der Waals surface area contributed by atoms with Crippen molar-refractivity contribution >= 4 is 38.4 Å². The topological polar surface area (TPSA) is 85.3 Å². The zero-order valence-electron chi connectivity index (χ0n) is 14.0. The summed E-state index contributed by atoms with van der Waals surface area (Å²) in [5.74, 6) is 0.523. The van der Waals surface area contributed by atoms with Crippen LogP contribution in [-0.4, -0.2) is 62.6 Å². The van der Waals surface area contributed by atoms with Crippen molar-refractivity contribution in [1.29, 1.82) is 0 Å². The van der Waals surface area contributed by atoms with E-state index >= 15 is 0 Å². The second kappa shape index (κ2) is 7.35. The molecule has 0 aromatic heterocycles. The van der Waals surface area contributed by atoms with E-state index < -0.39 is 9.84 Å². The molecule has 0 bridgehead atoms. The van der Waals surface area contributed by atoms with E-state index in [1.54, 1.807) is 0 Å². The summed E-state index contributed by atoms with van der Waals surface area (Å²) in [6.45, 7) is 2.38. The molecule has 7 nitrogen and oxygen atoms in total. The molecule has 25 heavy (non-hydrogen) atoms. The van der Waals surface area contributed by atoms with Crippen LogP contribution in [0.15, 0.2) is 29.3 Å². The number of thioether (sulfide) groups is 1. The number of hydrogen-bond acceptors (Lipinski definition) is 6. The van der Waals surface area contributed by atoms with Crippen LogP contribution < -0.4 is 9.64 Å². The van der Waals surface area contributed by atoms with Gasteiger partial charge in [-0.1, -0.05) is 11.8 Å². The first-order valence-electron chi connectivity index (χ1n) is 7.93. The first kappa shape index (κ1) is 18.2. The Kier molecular flexibility index (Phi) is 5.35. The molecular formula is C16H20N2O5S2. The Morgan fingerprint density at radius 3 is 2.68 bits per heavy atom. The number of carbonyl (C=O) groups is 1. The van der Waals surface area contributed by atoms with Crippen molar-refractivity contribution in [2.45, 2.75) is 18.2 Å². The molecule has 1 aromatic carbocycles. The molecule has 2 atom stereocenters. The molecule has 2 saturated heterocycles. The van der Waals surface area contributed by atoms with Crippen LogP contribution in [0.4, 0.5) is 5.69 Å². The highest BCUT2D eigenvalue weighted by atomic mass is 32.2. The van der Waals surface area contributed by atoms with Gasteiger partial charge in [0.25, 0.3) is 5.91 Å². The van der Waals surface area contributed by atoms with E-state index in [-0.39, 0.29) is 35.3 Å². The van der Waals surface area contributed by atoms with E-state index in [0.717, 1.165) is 11.4 Å². The van der Waals surface area contributed by atoms with Gasteiger partial charge in [0.2, 0.25) is 0 Å². The maximum absolute atomic E-state index is 12.0. The molecule has 0 N–H and O–H groups in total. The number of sulfone groups is 1. The monoisotopic (exact) mass is 384 g/mol. The quantitative estimate of drug-likeness (QED) is 0.757. The molecule has 0 radical (unpaired) electrons. The van der Waals surface area contributed by atoms with Crippen LogP contribution in [0.5, 0.6) is 5.75 Å². The maximum Gasteiger partial charge on any atom is 0.274 e. The van der Waals surface area contributed by atoms with Crippen LogP contribution in [0.25, 0.3) is 0 Å². The first-order valence-corrected chi connectivity index (χ1v) is 10.6. The number of amidine groups is 1. The Bertz CT molecular complexity index is 776. The highest BCUT2D eigenvalue weighted by Gasteiger charge is 2.49. The van der Waals surface area contributed by atoms with Gasteiger partial charge >= 0.3 is 0 Å². The third-order valence-corrected chi connectivity index (χ3v) is 7.19. The zero-order valence-corrected chi connectivity index (χ0v) is 15.7. The van der Waals surface area contributed by atoms with Gasteiger partial charge < -0.3 is 14.4 Å². The van der Waals surface area contributed by atoms with Crippen molar-refractivity contribution in [2.75, 3.05) is 36.7 Å². The lowest BCUT2D eigenvalue weighted by Gasteiger charge is -2.24. The number of aliphatic imine (C=N–C) groups is 1. The summed E-state index contributed by atoms with van der Waals surface area (Å²) in [7, 11) is -1.64. The second-order valence-electron chi connectivity index (χ2n) is 5.82. The molecule has 1 amide bonds. The Labute approximate surface area is 151 Å². The molecule has 2 aliphatic rings. The van der Waals surface area contributed by atoms with Gasteiger partial charge in [0.05, 0.1) is 24.2 Å². The average Bonchev–Trinajstić information content (AvgIpc) is 3.00. The van der Waals surface area contributed by atoms with Crippen molar-refractivity contribution in [2.24, 2.45) is 4.99 Å². The lowest BCUT2D eigenvalue weighted by Crippen LogP contribution is -2.37. The van der Waals surface area contributed by atoms with Crippen molar-refractivity contribution in [3.63, 3.8) is 0 Å². The number of benzene rings is 1. The fourth-order valence-corrected chi connectivity index (χ4v) is 6.93. The molecule has 136 valence electrons. The third kappa shape index (κ3) is 3.99. The van der Waals surface area contributed by atoms with E-state index in [9.17, 15) is 13.2 Å². The van der Waals surface area contributed by atoms with Crippen LogP contribution in [0.2, 0.25) is 0 Å². The van der Waals surface area contributed by atoms with E-state index in [0.29, 0.717) is 11.8 Å². The second-order valence-corrected chi connectivity index (χ2v) is 9.18. The van der Waals surface area contributed by atoms with E-state index in [1.165, 1.54) is 18.9 Å². The van der Waals surface area contributed by atoms with Crippen molar-refractivity contribution in [3.8, 4) is 5.75 Å². The number of fused-ring (bicyclic) bond motifs is 1. The van der Waals surface area contributed by atoms with Gasteiger partial charge in [-0.2, -0.15) is 4.99 Å². The molecule has 0 unspecified atom stereocenters. The lowest BCUT2D eigenvalue weighted by atomic mass is 10.2. The minimum absolute atomic E-state index is 0.0648. The number of carbonyl (C=O) groups excluding carboxylic acids is 1. The minimum atomic E-state index is -3.08. The lowest BCUT2D eigenvalue weighted by molar-refractivity contribution is -0.121. The fourth-order valence-electron chi connectivity index (χ4n) is 3.00. The van der Waals surface area contributed by atoms with Gasteiger partial charge in [-0.05, 0) is 31.2 Å². The average molecular weight is 384 g/mol. The van der Waals surface area contributed by atoms with Crippen LogP contribution in [0, 0.1) is 0 Å². The van der Waals surface area contributed by atoms with Gasteiger partial charge in [-0.3, -0.25) is 4.79 Å². The van der Waals surface area contributed by atoms with Crippen molar-refractivity contribution in [3.05, 3.63) is 24.3 Å². The summed E-state index contributed by atoms with van der Waals surface area (Å²) in [4.78, 5) is 17.8. The number of ether oxygens (including phenoxy) is 2. The Balaban J connectivity index is 1.93. The van der Waals surface area contributed by atoms with E-state index in [4.69, 9.17) is 9.47 Å². The van der Waals surface area contributed by atoms with Crippen molar-refractivity contribution in [1.82, 2.24) is 0 Å². The zero-order chi connectivity index (χ0) is 18.0. The summed E-state index contributed by atoms with van der Waals surface area (Å²) >= 11 is 1.34. The van der Waals surface area contributed by atoms with Gasteiger partial charge in [0, 0.05) is 18.0 Å². The Morgan fingerprint density at radius 2 is 2.04 bits per heavy atom. The van der Waals surface area contributed by atoms with E-state index in [1.807, 2.05) is 36.1 Å². The summed E-state index contributed by atoms with van der Waals surface area (Å²) in [6, 6.07) is 7.15. The molecule has 2 aliphatic heterocycles. The predicted octanol–water partition coefficient (Wildman–Crippen LogP) is 1.33. The van der Waals surface area contributed by atoms with E-state index in [2.05, 4.69) is 4.99 Å². The number of hydrogen-bond donors (Lipinski definition) is 0. The molecular weight excluding hydrogens is 364 g/mol. The smallest absolute Gasteiger partial charge is 0.274 e. The predicted molar refractivity (Wildman–Crippen MR) is 98.2 cm³/mol. The molecule has 3 rings (SSSR count). The summed E-state index contributed by atoms with van der Waals surface area (Å²) in [6.07, 6.45) is 0. The number of methoxy groups -OCH3 is 1. The van der Waals surface area contributed by atoms with Crippen LogP contribution >= 0.6 is 11.8 Å². The number of anilines is 1. The normalized spacial score (nSPS) is 26.0. The first-order chi connectivity index (χ1) is 11.9. The summed E-state index contributed by atoms with van der Waals surface area (Å²) in [5, 5.41) is 0.404. The van der Waals surface area contributed by atoms with Crippen molar-refractivity contribution < 1.29 is 22.7 Å². The van der Waals surface area contributed by atoms with Crippen LogP contribution in [0.3, 0.4) is 0 Å². The van der Waals surface area contributed by atoms with Gasteiger partial charge in [0.1, 0.15) is 12.4 Å². The highest BCUT2D eigenvalue weighted by Crippen LogP contribution is 2.41. The number of nitrogens with zero attached hydrogens (tertiary/aromatic N) is 2. The Morgan fingerprint density at radius 1 is 1.32 bits per heavy atom.